The van der Waals surface area contributed by atoms with Crippen molar-refractivity contribution in [3.8, 4) is 0 Å². The van der Waals surface area contributed by atoms with Gasteiger partial charge in [0.05, 0.1) is 17.1 Å². The first kappa shape index (κ1) is 10.9. The van der Waals surface area contributed by atoms with Crippen molar-refractivity contribution in [1.82, 2.24) is 25.2 Å². The van der Waals surface area contributed by atoms with Gasteiger partial charge in [-0.1, -0.05) is 22.9 Å². The van der Waals surface area contributed by atoms with Gasteiger partial charge < -0.3 is 4.57 Å². The Morgan fingerprint density at radius 2 is 2.22 bits per heavy atom. The molecule has 0 saturated carbocycles. The molecule has 3 rings (SSSR count). The largest absolute Gasteiger partial charge is 0.338 e. The van der Waals surface area contributed by atoms with Crippen LogP contribution in [-0.4, -0.2) is 25.2 Å². The van der Waals surface area contributed by atoms with Crippen LogP contribution in [0.2, 0.25) is 5.02 Å². The summed E-state index contributed by atoms with van der Waals surface area (Å²) < 4.78 is 1.82. The number of aromatic nitrogens is 5. The monoisotopic (exact) mass is 261 g/mol. The minimum absolute atomic E-state index is 0.0585. The van der Waals surface area contributed by atoms with E-state index in [1.165, 1.54) is 6.07 Å². The zero-order valence-corrected chi connectivity index (χ0v) is 9.92. The topological polar surface area (TPSA) is 76.5 Å². The number of pyridine rings is 1. The molecule has 0 radical (unpaired) electrons. The molecule has 0 atom stereocenters. The molecule has 90 valence electrons. The van der Waals surface area contributed by atoms with Gasteiger partial charge in [-0.05, 0) is 12.1 Å². The number of tetrazole rings is 1. The number of hydrogen-bond acceptors (Lipinski definition) is 4. The lowest BCUT2D eigenvalue weighted by Crippen LogP contribution is -2.10. The summed E-state index contributed by atoms with van der Waals surface area (Å²) in [6.45, 7) is 0.400. The lowest BCUT2D eigenvalue weighted by atomic mass is 10.2. The predicted octanol–water partition coefficient (Wildman–Crippen LogP) is 1.22. The number of H-pyrrole nitrogens is 1. The predicted molar refractivity (Wildman–Crippen MR) is 66.5 cm³/mol. The second kappa shape index (κ2) is 4.23. The number of hydrogen-bond donors (Lipinski definition) is 1. The molecule has 6 nitrogen and oxygen atoms in total. The molecule has 0 aliphatic carbocycles. The molecule has 2 heterocycles. The molecule has 0 spiro atoms. The van der Waals surface area contributed by atoms with Gasteiger partial charge in [0.25, 0.3) is 0 Å². The molecular weight excluding hydrogens is 254 g/mol. The fraction of sp³-hybridized carbons (Fsp3) is 0.0909. The number of halogens is 1. The summed E-state index contributed by atoms with van der Waals surface area (Å²) in [5.74, 6) is 0.528. The maximum absolute atomic E-state index is 11.8. The van der Waals surface area contributed by atoms with Gasteiger partial charge in [0.15, 0.2) is 11.3 Å². The van der Waals surface area contributed by atoms with E-state index in [4.69, 9.17) is 11.6 Å². The second-order valence-electron chi connectivity index (χ2n) is 3.77. The van der Waals surface area contributed by atoms with Gasteiger partial charge in [0.2, 0.25) is 0 Å². The Morgan fingerprint density at radius 3 is 3.00 bits per heavy atom. The number of benzene rings is 1. The zero-order chi connectivity index (χ0) is 12.5. The van der Waals surface area contributed by atoms with Crippen molar-refractivity contribution in [3.05, 3.63) is 51.5 Å². The molecule has 0 fully saturated rings. The molecule has 1 N–H and O–H groups in total. The van der Waals surface area contributed by atoms with Crippen molar-refractivity contribution in [3.63, 3.8) is 0 Å². The normalized spacial score (nSPS) is 10.9. The maximum atomic E-state index is 11.8. The lowest BCUT2D eigenvalue weighted by Gasteiger charge is -2.09. The summed E-state index contributed by atoms with van der Waals surface area (Å²) in [6, 6.07) is 6.75. The molecule has 0 bridgehead atoms. The molecular formula is C11H8ClN5O. The van der Waals surface area contributed by atoms with E-state index in [1.54, 1.807) is 24.4 Å². The van der Waals surface area contributed by atoms with Crippen molar-refractivity contribution in [2.45, 2.75) is 6.54 Å². The Hall–Kier alpha value is -2.21. The third kappa shape index (κ3) is 1.76. The van der Waals surface area contributed by atoms with Crippen LogP contribution < -0.4 is 5.43 Å². The van der Waals surface area contributed by atoms with Crippen molar-refractivity contribution >= 4 is 22.5 Å². The number of fused-ring (bicyclic) bond motifs is 1. The summed E-state index contributed by atoms with van der Waals surface area (Å²) in [5, 5.41) is 14.7. The van der Waals surface area contributed by atoms with Crippen LogP contribution >= 0.6 is 11.6 Å². The number of nitrogens with one attached hydrogen (secondary N) is 1. The van der Waals surface area contributed by atoms with Crippen LogP contribution in [0.25, 0.3) is 10.9 Å². The summed E-state index contributed by atoms with van der Waals surface area (Å²) in [6.07, 6.45) is 1.67. The fourth-order valence-electron chi connectivity index (χ4n) is 1.86. The highest BCUT2D eigenvalue weighted by Gasteiger charge is 2.08. The third-order valence-corrected chi connectivity index (χ3v) is 2.95. The van der Waals surface area contributed by atoms with E-state index in [0.29, 0.717) is 28.3 Å². The van der Waals surface area contributed by atoms with Crippen LogP contribution in [0.3, 0.4) is 0 Å². The van der Waals surface area contributed by atoms with E-state index in [9.17, 15) is 4.79 Å². The van der Waals surface area contributed by atoms with Gasteiger partial charge in [0, 0.05) is 17.6 Å². The van der Waals surface area contributed by atoms with Gasteiger partial charge in [-0.15, -0.1) is 10.2 Å². The molecule has 18 heavy (non-hydrogen) atoms. The van der Waals surface area contributed by atoms with E-state index in [1.807, 2.05) is 4.57 Å². The molecule has 7 heteroatoms. The summed E-state index contributed by atoms with van der Waals surface area (Å²) in [5.41, 5.74) is 0.619. The Labute approximate surface area is 106 Å². The van der Waals surface area contributed by atoms with E-state index < -0.39 is 0 Å². The van der Waals surface area contributed by atoms with Crippen LogP contribution in [0.4, 0.5) is 0 Å². The highest BCUT2D eigenvalue weighted by molar-refractivity contribution is 6.35. The van der Waals surface area contributed by atoms with Crippen molar-refractivity contribution in [2.24, 2.45) is 0 Å². The van der Waals surface area contributed by atoms with Crippen LogP contribution in [-0.2, 0) is 6.54 Å². The zero-order valence-electron chi connectivity index (χ0n) is 9.17. The standard InChI is InChI=1S/C11H8ClN5O/c12-8-3-1-2-7-9(18)4-5-17(11(7)8)6-10-13-15-16-14-10/h1-5H,6H2,(H,13,14,15,16). The van der Waals surface area contributed by atoms with E-state index in [2.05, 4.69) is 20.6 Å². The second-order valence-corrected chi connectivity index (χ2v) is 4.18. The van der Waals surface area contributed by atoms with Crippen molar-refractivity contribution in [2.75, 3.05) is 0 Å². The lowest BCUT2D eigenvalue weighted by molar-refractivity contribution is 0.767. The Kier molecular flexibility index (Phi) is 2.56. The quantitative estimate of drug-likeness (QED) is 0.752. The molecule has 1 aromatic carbocycles. The minimum Gasteiger partial charge on any atom is -0.338 e. The summed E-state index contributed by atoms with van der Waals surface area (Å²) in [7, 11) is 0. The highest BCUT2D eigenvalue weighted by atomic mass is 35.5. The first-order chi connectivity index (χ1) is 8.75. The molecule has 0 unspecified atom stereocenters. The number of nitrogens with zero attached hydrogens (tertiary/aromatic N) is 4. The Bertz CT molecular complexity index is 750. The van der Waals surface area contributed by atoms with Crippen LogP contribution in [0.15, 0.2) is 35.3 Å². The minimum atomic E-state index is -0.0585. The molecule has 0 saturated heterocycles. The smallest absolute Gasteiger partial charge is 0.194 e. The average Bonchev–Trinajstić information content (AvgIpc) is 2.86. The van der Waals surface area contributed by atoms with Crippen molar-refractivity contribution < 1.29 is 0 Å². The fourth-order valence-corrected chi connectivity index (χ4v) is 2.14. The Balaban J connectivity index is 2.24. The van der Waals surface area contributed by atoms with Gasteiger partial charge >= 0.3 is 0 Å². The van der Waals surface area contributed by atoms with Gasteiger partial charge in [-0.3, -0.25) is 4.79 Å². The third-order valence-electron chi connectivity index (χ3n) is 2.65. The number of para-hydroxylation sites is 1. The van der Waals surface area contributed by atoms with Gasteiger partial charge in [-0.25, -0.2) is 0 Å². The van der Waals surface area contributed by atoms with E-state index >= 15 is 0 Å². The first-order valence-corrected chi connectivity index (χ1v) is 5.63. The molecule has 2 aromatic heterocycles. The molecule has 0 aliphatic heterocycles. The van der Waals surface area contributed by atoms with Crippen molar-refractivity contribution in [1.29, 1.82) is 0 Å². The summed E-state index contributed by atoms with van der Waals surface area (Å²) >= 11 is 6.15. The maximum Gasteiger partial charge on any atom is 0.194 e. The number of aromatic amines is 1. The first-order valence-electron chi connectivity index (χ1n) is 5.26. The highest BCUT2D eigenvalue weighted by Crippen LogP contribution is 2.21. The average molecular weight is 262 g/mol. The van der Waals surface area contributed by atoms with E-state index in [0.717, 1.165) is 0 Å². The summed E-state index contributed by atoms with van der Waals surface area (Å²) in [4.78, 5) is 11.8. The Morgan fingerprint density at radius 1 is 1.33 bits per heavy atom. The van der Waals surface area contributed by atoms with Crippen LogP contribution in [0.1, 0.15) is 5.82 Å². The van der Waals surface area contributed by atoms with E-state index in [-0.39, 0.29) is 5.43 Å². The van der Waals surface area contributed by atoms with Crippen LogP contribution in [0.5, 0.6) is 0 Å². The molecule has 0 amide bonds. The SMILES string of the molecule is O=c1ccn(Cc2nn[nH]n2)c2c(Cl)cccc12. The van der Waals surface area contributed by atoms with Gasteiger partial charge in [-0.2, -0.15) is 5.21 Å². The number of rotatable bonds is 2. The van der Waals surface area contributed by atoms with Gasteiger partial charge in [0.1, 0.15) is 0 Å². The molecule has 3 aromatic rings. The molecule has 0 aliphatic rings. The van der Waals surface area contributed by atoms with Crippen LogP contribution in [0, 0.1) is 0 Å².